The predicted octanol–water partition coefficient (Wildman–Crippen LogP) is 1.64. The van der Waals surface area contributed by atoms with Gasteiger partial charge in [0.05, 0.1) is 13.1 Å². The van der Waals surface area contributed by atoms with Crippen molar-refractivity contribution in [1.82, 2.24) is 10.2 Å². The molecule has 0 saturated carbocycles. The van der Waals surface area contributed by atoms with Crippen LogP contribution in [0, 0.1) is 6.92 Å². The molecule has 2 rings (SSSR count). The smallest absolute Gasteiger partial charge is 0.320 e. The normalized spacial score (nSPS) is 17.8. The molecule has 1 aliphatic rings. The van der Waals surface area contributed by atoms with Crippen LogP contribution in [0.25, 0.3) is 0 Å². The summed E-state index contributed by atoms with van der Waals surface area (Å²) in [6, 6.07) is 4.55. The average molecular weight is 368 g/mol. The third-order valence-corrected chi connectivity index (χ3v) is 4.64. The van der Waals surface area contributed by atoms with Crippen molar-refractivity contribution in [3.8, 4) is 0 Å². The van der Waals surface area contributed by atoms with Gasteiger partial charge >= 0.3 is 5.97 Å². The molecule has 0 bridgehead atoms. The van der Waals surface area contributed by atoms with E-state index in [0.29, 0.717) is 23.7 Å². The zero-order chi connectivity index (χ0) is 18.4. The predicted molar refractivity (Wildman–Crippen MR) is 94.7 cm³/mol. The fraction of sp³-hybridized carbons (Fsp3) is 0.471. The number of benzene rings is 1. The van der Waals surface area contributed by atoms with Crippen molar-refractivity contribution < 1.29 is 19.5 Å². The van der Waals surface area contributed by atoms with E-state index in [1.807, 2.05) is 0 Å². The number of nitrogens with one attached hydrogen (secondary N) is 2. The molecule has 1 atom stereocenters. The standard InChI is InChI=1S/C17H22ClN3O4/c1-11-12(18)5-4-6-13(11)20-15(22)9-19-16(23)10-21-8-3-2-7-14(21)17(24)25/h4-6,14H,2-3,7-10H2,1H3,(H,19,23)(H,20,22)(H,24,25). The molecule has 1 fully saturated rings. The van der Waals surface area contributed by atoms with E-state index < -0.39 is 12.0 Å². The van der Waals surface area contributed by atoms with E-state index in [4.69, 9.17) is 11.6 Å². The van der Waals surface area contributed by atoms with Crippen LogP contribution in [0.4, 0.5) is 5.69 Å². The van der Waals surface area contributed by atoms with Crippen molar-refractivity contribution in [2.24, 2.45) is 0 Å². The number of likely N-dealkylation sites (tertiary alicyclic amines) is 1. The number of anilines is 1. The highest BCUT2D eigenvalue weighted by atomic mass is 35.5. The summed E-state index contributed by atoms with van der Waals surface area (Å²) in [6.07, 6.45) is 2.25. The monoisotopic (exact) mass is 367 g/mol. The van der Waals surface area contributed by atoms with E-state index in [1.165, 1.54) is 0 Å². The Kier molecular flexibility index (Phi) is 6.78. The van der Waals surface area contributed by atoms with Crippen LogP contribution < -0.4 is 10.6 Å². The molecule has 3 N–H and O–H groups in total. The first-order chi connectivity index (χ1) is 11.9. The molecule has 1 aromatic carbocycles. The first-order valence-electron chi connectivity index (χ1n) is 8.17. The van der Waals surface area contributed by atoms with Gasteiger partial charge in [0, 0.05) is 10.7 Å². The zero-order valence-corrected chi connectivity index (χ0v) is 14.8. The highest BCUT2D eigenvalue weighted by Gasteiger charge is 2.29. The third-order valence-electron chi connectivity index (χ3n) is 4.23. The highest BCUT2D eigenvalue weighted by molar-refractivity contribution is 6.31. The van der Waals surface area contributed by atoms with Crippen LogP contribution in [-0.2, 0) is 14.4 Å². The molecule has 1 aliphatic heterocycles. The topological polar surface area (TPSA) is 98.7 Å². The van der Waals surface area contributed by atoms with E-state index in [1.54, 1.807) is 30.0 Å². The van der Waals surface area contributed by atoms with Gasteiger partial charge in [-0.15, -0.1) is 0 Å². The molecule has 25 heavy (non-hydrogen) atoms. The number of carboxylic acid groups (broad SMARTS) is 1. The van der Waals surface area contributed by atoms with Gasteiger partial charge in [0.15, 0.2) is 0 Å². The van der Waals surface area contributed by atoms with Gasteiger partial charge in [-0.2, -0.15) is 0 Å². The van der Waals surface area contributed by atoms with Gasteiger partial charge in [-0.1, -0.05) is 24.1 Å². The maximum Gasteiger partial charge on any atom is 0.320 e. The Morgan fingerprint density at radius 3 is 2.76 bits per heavy atom. The number of nitrogens with zero attached hydrogens (tertiary/aromatic N) is 1. The number of amides is 2. The van der Waals surface area contributed by atoms with Crippen molar-refractivity contribution in [1.29, 1.82) is 0 Å². The molecule has 2 amide bonds. The largest absolute Gasteiger partial charge is 0.480 e. The summed E-state index contributed by atoms with van der Waals surface area (Å²) in [5, 5.41) is 15.0. The Balaban J connectivity index is 1.82. The summed E-state index contributed by atoms with van der Waals surface area (Å²) >= 11 is 6.00. The average Bonchev–Trinajstić information content (AvgIpc) is 2.57. The van der Waals surface area contributed by atoms with Crippen molar-refractivity contribution in [2.75, 3.05) is 25.0 Å². The van der Waals surface area contributed by atoms with Gasteiger partial charge in [-0.25, -0.2) is 0 Å². The maximum atomic E-state index is 12.0. The first-order valence-corrected chi connectivity index (χ1v) is 8.55. The number of hydrogen-bond acceptors (Lipinski definition) is 4. The number of aliphatic carboxylic acids is 1. The van der Waals surface area contributed by atoms with E-state index in [0.717, 1.165) is 18.4 Å². The molecular weight excluding hydrogens is 346 g/mol. The summed E-state index contributed by atoms with van der Waals surface area (Å²) in [5.74, 6) is -1.65. The Labute approximate surface area is 151 Å². The summed E-state index contributed by atoms with van der Waals surface area (Å²) in [4.78, 5) is 36.8. The second-order valence-corrected chi connectivity index (χ2v) is 6.46. The van der Waals surface area contributed by atoms with Crippen LogP contribution >= 0.6 is 11.6 Å². The molecule has 1 aromatic rings. The number of carbonyl (C=O) groups is 3. The van der Waals surface area contributed by atoms with E-state index in [9.17, 15) is 19.5 Å². The lowest BCUT2D eigenvalue weighted by Crippen LogP contribution is -2.49. The van der Waals surface area contributed by atoms with E-state index in [2.05, 4.69) is 10.6 Å². The lowest BCUT2D eigenvalue weighted by molar-refractivity contribution is -0.145. The Bertz CT molecular complexity index is 665. The molecule has 0 aromatic heterocycles. The summed E-state index contributed by atoms with van der Waals surface area (Å²) in [6.45, 7) is 2.15. The number of rotatable bonds is 6. The minimum absolute atomic E-state index is 0.0273. The molecule has 8 heteroatoms. The van der Waals surface area contributed by atoms with Crippen molar-refractivity contribution >= 4 is 35.1 Å². The van der Waals surface area contributed by atoms with Gasteiger partial charge in [0.25, 0.3) is 0 Å². The Morgan fingerprint density at radius 2 is 2.04 bits per heavy atom. The van der Waals surface area contributed by atoms with Crippen molar-refractivity contribution in [3.63, 3.8) is 0 Å². The number of carboxylic acids is 1. The second-order valence-electron chi connectivity index (χ2n) is 6.06. The summed E-state index contributed by atoms with van der Waals surface area (Å²) in [7, 11) is 0. The molecule has 1 heterocycles. The minimum atomic E-state index is -0.915. The van der Waals surface area contributed by atoms with Gasteiger partial charge in [-0.05, 0) is 44.0 Å². The minimum Gasteiger partial charge on any atom is -0.480 e. The highest BCUT2D eigenvalue weighted by Crippen LogP contribution is 2.22. The van der Waals surface area contributed by atoms with Crippen LogP contribution in [0.5, 0.6) is 0 Å². The molecule has 0 spiro atoms. The first kappa shape index (κ1) is 19.2. The van der Waals surface area contributed by atoms with Crippen molar-refractivity contribution in [3.05, 3.63) is 28.8 Å². The molecule has 136 valence electrons. The number of halogens is 1. The molecule has 1 unspecified atom stereocenters. The number of carbonyl (C=O) groups excluding carboxylic acids is 2. The molecule has 0 radical (unpaired) electrons. The van der Waals surface area contributed by atoms with Crippen LogP contribution in [0.1, 0.15) is 24.8 Å². The number of hydrogen-bond donors (Lipinski definition) is 3. The summed E-state index contributed by atoms with van der Waals surface area (Å²) < 4.78 is 0. The van der Waals surface area contributed by atoms with E-state index >= 15 is 0 Å². The zero-order valence-electron chi connectivity index (χ0n) is 14.0. The van der Waals surface area contributed by atoms with Gasteiger partial charge in [0.2, 0.25) is 11.8 Å². The second kappa shape index (κ2) is 8.82. The molecule has 7 nitrogen and oxygen atoms in total. The SMILES string of the molecule is Cc1c(Cl)cccc1NC(=O)CNC(=O)CN1CCCCC1C(=O)O. The lowest BCUT2D eigenvalue weighted by atomic mass is 10.0. The molecule has 1 saturated heterocycles. The van der Waals surface area contributed by atoms with Gasteiger partial charge in [0.1, 0.15) is 6.04 Å². The van der Waals surface area contributed by atoms with Crippen LogP contribution in [0.3, 0.4) is 0 Å². The maximum absolute atomic E-state index is 12.0. The van der Waals surface area contributed by atoms with Gasteiger partial charge in [-0.3, -0.25) is 19.3 Å². The Hall–Kier alpha value is -2.12. The number of piperidine rings is 1. The molecule has 0 aliphatic carbocycles. The Morgan fingerprint density at radius 1 is 1.28 bits per heavy atom. The van der Waals surface area contributed by atoms with E-state index in [-0.39, 0.29) is 24.9 Å². The fourth-order valence-corrected chi connectivity index (χ4v) is 2.99. The van der Waals surface area contributed by atoms with Crippen LogP contribution in [0.15, 0.2) is 18.2 Å². The lowest BCUT2D eigenvalue weighted by Gasteiger charge is -2.32. The molecular formula is C17H22ClN3O4. The third kappa shape index (κ3) is 5.44. The summed E-state index contributed by atoms with van der Waals surface area (Å²) in [5.41, 5.74) is 1.34. The quantitative estimate of drug-likeness (QED) is 0.710. The van der Waals surface area contributed by atoms with Gasteiger partial charge < -0.3 is 15.7 Å². The fourth-order valence-electron chi connectivity index (χ4n) is 2.82. The van der Waals surface area contributed by atoms with Crippen LogP contribution in [-0.4, -0.2) is 53.5 Å². The van der Waals surface area contributed by atoms with Crippen molar-refractivity contribution in [2.45, 2.75) is 32.2 Å². The van der Waals surface area contributed by atoms with Crippen LogP contribution in [0.2, 0.25) is 5.02 Å².